The maximum absolute atomic E-state index is 11.6. The molecule has 116 valence electrons. The number of carbonyl (C=O) groups excluding carboxylic acids is 3. The zero-order valence-electron chi connectivity index (χ0n) is 12.7. The molecule has 22 heavy (non-hydrogen) atoms. The zero-order valence-corrected chi connectivity index (χ0v) is 12.7. The van der Waals surface area contributed by atoms with E-state index in [0.29, 0.717) is 11.0 Å². The smallest absolute Gasteiger partial charge is 0.326 e. The summed E-state index contributed by atoms with van der Waals surface area (Å²) >= 11 is 0. The SMILES string of the molecule is CC(C)Cc1ccc(/C=C/C(=O)ON2C(=O)CCC2=O)cc1. The molecule has 1 aromatic rings. The summed E-state index contributed by atoms with van der Waals surface area (Å²) < 4.78 is 0. The van der Waals surface area contributed by atoms with E-state index in [0.717, 1.165) is 12.0 Å². The molecule has 0 N–H and O–H groups in total. The second kappa shape index (κ2) is 7.02. The normalized spacial score (nSPS) is 15.1. The monoisotopic (exact) mass is 301 g/mol. The Bertz CT molecular complexity index is 586. The summed E-state index contributed by atoms with van der Waals surface area (Å²) in [7, 11) is 0. The van der Waals surface area contributed by atoms with Crippen molar-refractivity contribution in [2.24, 2.45) is 5.92 Å². The molecule has 1 fully saturated rings. The summed E-state index contributed by atoms with van der Waals surface area (Å²) in [6, 6.07) is 7.85. The Morgan fingerprint density at radius 1 is 1.18 bits per heavy atom. The molecule has 0 spiro atoms. The fraction of sp³-hybridized carbons (Fsp3) is 0.353. The van der Waals surface area contributed by atoms with Gasteiger partial charge in [0.25, 0.3) is 11.8 Å². The molecule has 1 saturated heterocycles. The zero-order chi connectivity index (χ0) is 16.1. The molecule has 0 unspecified atom stereocenters. The van der Waals surface area contributed by atoms with E-state index < -0.39 is 17.8 Å². The average Bonchev–Trinajstić information content (AvgIpc) is 2.78. The summed E-state index contributed by atoms with van der Waals surface area (Å²) in [6.45, 7) is 4.31. The van der Waals surface area contributed by atoms with Crippen LogP contribution in [-0.4, -0.2) is 22.8 Å². The molecule has 5 heteroatoms. The van der Waals surface area contributed by atoms with Crippen LogP contribution in [0, 0.1) is 5.92 Å². The van der Waals surface area contributed by atoms with Crippen molar-refractivity contribution in [2.45, 2.75) is 33.1 Å². The summed E-state index contributed by atoms with van der Waals surface area (Å²) in [6.07, 6.45) is 3.98. The van der Waals surface area contributed by atoms with Crippen molar-refractivity contribution in [3.05, 3.63) is 41.5 Å². The molecule has 0 radical (unpaired) electrons. The molecule has 1 aliphatic rings. The number of amides is 2. The van der Waals surface area contributed by atoms with Gasteiger partial charge in [0.1, 0.15) is 0 Å². The van der Waals surface area contributed by atoms with E-state index in [1.54, 1.807) is 6.08 Å². The van der Waals surface area contributed by atoms with Crippen molar-refractivity contribution in [3.8, 4) is 0 Å². The molecule has 0 saturated carbocycles. The van der Waals surface area contributed by atoms with Gasteiger partial charge in [-0.3, -0.25) is 9.59 Å². The number of nitrogens with zero attached hydrogens (tertiary/aromatic N) is 1. The van der Waals surface area contributed by atoms with Crippen LogP contribution in [0.1, 0.15) is 37.8 Å². The Balaban J connectivity index is 1.92. The maximum atomic E-state index is 11.6. The maximum Gasteiger partial charge on any atom is 0.356 e. The molecule has 0 atom stereocenters. The largest absolute Gasteiger partial charge is 0.356 e. The highest BCUT2D eigenvalue weighted by atomic mass is 16.7. The number of hydrogen-bond donors (Lipinski definition) is 0. The van der Waals surface area contributed by atoms with Crippen LogP contribution in [0.2, 0.25) is 0 Å². The number of rotatable bonds is 5. The molecule has 2 amide bonds. The fourth-order valence-corrected chi connectivity index (χ4v) is 2.18. The Kier molecular flexibility index (Phi) is 5.09. The highest BCUT2D eigenvalue weighted by molar-refractivity contribution is 6.02. The highest BCUT2D eigenvalue weighted by Crippen LogP contribution is 2.13. The Labute approximate surface area is 129 Å². The molecule has 1 heterocycles. The first-order valence-corrected chi connectivity index (χ1v) is 7.30. The van der Waals surface area contributed by atoms with Crippen molar-refractivity contribution >= 4 is 23.9 Å². The first kappa shape index (κ1) is 15.9. The van der Waals surface area contributed by atoms with Crippen LogP contribution in [0.5, 0.6) is 0 Å². The summed E-state index contributed by atoms with van der Waals surface area (Å²) in [5.41, 5.74) is 2.09. The second-order valence-corrected chi connectivity index (χ2v) is 5.67. The molecular formula is C17H19NO4. The summed E-state index contributed by atoms with van der Waals surface area (Å²) in [5, 5.41) is 0.540. The van der Waals surface area contributed by atoms with Gasteiger partial charge in [0.05, 0.1) is 0 Å². The van der Waals surface area contributed by atoms with Gasteiger partial charge in [-0.2, -0.15) is 0 Å². The molecule has 2 rings (SSSR count). The topological polar surface area (TPSA) is 63.7 Å². The van der Waals surface area contributed by atoms with Crippen LogP contribution in [0.4, 0.5) is 0 Å². The second-order valence-electron chi connectivity index (χ2n) is 5.67. The quantitative estimate of drug-likeness (QED) is 0.619. The lowest BCUT2D eigenvalue weighted by Gasteiger charge is -2.10. The third-order valence-electron chi connectivity index (χ3n) is 3.22. The van der Waals surface area contributed by atoms with Crippen LogP contribution in [-0.2, 0) is 25.6 Å². The molecule has 0 aliphatic carbocycles. The van der Waals surface area contributed by atoms with E-state index in [4.69, 9.17) is 4.84 Å². The van der Waals surface area contributed by atoms with Gasteiger partial charge in [0.15, 0.2) is 0 Å². The van der Waals surface area contributed by atoms with Crippen molar-refractivity contribution in [1.82, 2.24) is 5.06 Å². The lowest BCUT2D eigenvalue weighted by molar-refractivity contribution is -0.193. The van der Waals surface area contributed by atoms with Gasteiger partial charge < -0.3 is 4.84 Å². The molecular weight excluding hydrogens is 282 g/mol. The van der Waals surface area contributed by atoms with Gasteiger partial charge in [-0.25, -0.2) is 4.79 Å². The fourth-order valence-electron chi connectivity index (χ4n) is 2.18. The minimum absolute atomic E-state index is 0.0904. The van der Waals surface area contributed by atoms with Crippen molar-refractivity contribution < 1.29 is 19.2 Å². The number of carbonyl (C=O) groups is 3. The molecule has 1 aromatic carbocycles. The molecule has 0 aromatic heterocycles. The van der Waals surface area contributed by atoms with Crippen LogP contribution >= 0.6 is 0 Å². The van der Waals surface area contributed by atoms with Crippen LogP contribution in [0.25, 0.3) is 6.08 Å². The third-order valence-corrected chi connectivity index (χ3v) is 3.22. The Hall–Kier alpha value is -2.43. The van der Waals surface area contributed by atoms with E-state index in [1.165, 1.54) is 11.6 Å². The molecule has 5 nitrogen and oxygen atoms in total. The minimum atomic E-state index is -0.741. The van der Waals surface area contributed by atoms with E-state index >= 15 is 0 Å². The predicted molar refractivity (Wildman–Crippen MR) is 81.2 cm³/mol. The summed E-state index contributed by atoms with van der Waals surface area (Å²) in [5.74, 6) is -1.11. The summed E-state index contributed by atoms with van der Waals surface area (Å²) in [4.78, 5) is 39.0. The van der Waals surface area contributed by atoms with Crippen LogP contribution in [0.3, 0.4) is 0 Å². The van der Waals surface area contributed by atoms with Gasteiger partial charge in [-0.05, 0) is 29.5 Å². The third kappa shape index (κ3) is 4.28. The average molecular weight is 301 g/mol. The first-order valence-electron chi connectivity index (χ1n) is 7.30. The lowest BCUT2D eigenvalue weighted by atomic mass is 10.0. The standard InChI is InChI=1S/C17H19NO4/c1-12(2)11-14-5-3-13(4-6-14)7-10-17(21)22-18-15(19)8-9-16(18)20/h3-7,10,12H,8-9,11H2,1-2H3/b10-7+. The number of imide groups is 1. The predicted octanol–water partition coefficient (Wildman–Crippen LogP) is 2.51. The molecule has 0 bridgehead atoms. The van der Waals surface area contributed by atoms with E-state index in [2.05, 4.69) is 13.8 Å². The van der Waals surface area contributed by atoms with E-state index in [1.807, 2.05) is 24.3 Å². The van der Waals surface area contributed by atoms with Crippen molar-refractivity contribution in [1.29, 1.82) is 0 Å². The van der Waals surface area contributed by atoms with Crippen LogP contribution < -0.4 is 0 Å². The van der Waals surface area contributed by atoms with E-state index in [9.17, 15) is 14.4 Å². The number of hydroxylamine groups is 2. The number of hydrogen-bond acceptors (Lipinski definition) is 4. The van der Waals surface area contributed by atoms with Gasteiger partial charge in [0, 0.05) is 18.9 Å². The van der Waals surface area contributed by atoms with E-state index in [-0.39, 0.29) is 12.8 Å². The lowest BCUT2D eigenvalue weighted by Crippen LogP contribution is -2.31. The Morgan fingerprint density at radius 2 is 1.77 bits per heavy atom. The first-order chi connectivity index (χ1) is 10.5. The van der Waals surface area contributed by atoms with Crippen LogP contribution in [0.15, 0.2) is 30.3 Å². The van der Waals surface area contributed by atoms with Crippen molar-refractivity contribution in [3.63, 3.8) is 0 Å². The van der Waals surface area contributed by atoms with Gasteiger partial charge in [-0.15, -0.1) is 5.06 Å². The number of benzene rings is 1. The van der Waals surface area contributed by atoms with Gasteiger partial charge in [0.2, 0.25) is 0 Å². The molecule has 1 aliphatic heterocycles. The Morgan fingerprint density at radius 3 is 2.32 bits per heavy atom. The van der Waals surface area contributed by atoms with Gasteiger partial charge >= 0.3 is 5.97 Å². The highest BCUT2D eigenvalue weighted by Gasteiger charge is 2.32. The van der Waals surface area contributed by atoms with Gasteiger partial charge in [-0.1, -0.05) is 38.1 Å². The minimum Gasteiger partial charge on any atom is -0.326 e. The van der Waals surface area contributed by atoms with Crippen molar-refractivity contribution in [2.75, 3.05) is 0 Å².